The number of carbonyl (C=O) groups excluding carboxylic acids is 1. The van der Waals surface area contributed by atoms with Crippen molar-refractivity contribution in [3.05, 3.63) is 20.8 Å². The van der Waals surface area contributed by atoms with E-state index in [0.717, 1.165) is 32.4 Å². The van der Waals surface area contributed by atoms with Gasteiger partial charge in [-0.1, -0.05) is 34.1 Å². The van der Waals surface area contributed by atoms with E-state index < -0.39 is 11.2 Å². The second-order valence-corrected chi connectivity index (χ2v) is 8.52. The van der Waals surface area contributed by atoms with Gasteiger partial charge in [-0.3, -0.25) is 24.0 Å². The summed E-state index contributed by atoms with van der Waals surface area (Å²) >= 11 is 0. The fourth-order valence-electron chi connectivity index (χ4n) is 3.93. The maximum absolute atomic E-state index is 13.2. The SMILES string of the molecule is CCCCN(C(=O)C[NH+]1CCC[C@H](C)C1)c1c(N)n(CC(C)C)c(=O)[nH]c1=O. The van der Waals surface area contributed by atoms with Crippen LogP contribution in [0.25, 0.3) is 0 Å². The monoisotopic (exact) mass is 394 g/mol. The van der Waals surface area contributed by atoms with Crippen molar-refractivity contribution < 1.29 is 9.69 Å². The van der Waals surface area contributed by atoms with Crippen molar-refractivity contribution in [2.45, 2.75) is 59.9 Å². The maximum Gasteiger partial charge on any atom is 0.330 e. The van der Waals surface area contributed by atoms with Gasteiger partial charge in [0.15, 0.2) is 12.2 Å². The minimum Gasteiger partial charge on any atom is -0.383 e. The zero-order valence-corrected chi connectivity index (χ0v) is 17.7. The first-order valence-electron chi connectivity index (χ1n) is 10.5. The number of hydrogen-bond acceptors (Lipinski definition) is 4. The zero-order chi connectivity index (χ0) is 20.8. The van der Waals surface area contributed by atoms with Crippen LogP contribution in [0.15, 0.2) is 9.59 Å². The molecule has 1 saturated heterocycles. The number of piperidine rings is 1. The van der Waals surface area contributed by atoms with Gasteiger partial charge in [0.2, 0.25) is 0 Å². The molecule has 2 rings (SSSR count). The first-order chi connectivity index (χ1) is 13.2. The molecule has 1 unspecified atom stereocenters. The van der Waals surface area contributed by atoms with Gasteiger partial charge < -0.3 is 10.6 Å². The van der Waals surface area contributed by atoms with E-state index in [1.165, 1.54) is 20.8 Å². The molecule has 1 aliphatic rings. The highest BCUT2D eigenvalue weighted by molar-refractivity contribution is 5.96. The van der Waals surface area contributed by atoms with Crippen molar-refractivity contribution in [2.24, 2.45) is 11.8 Å². The fraction of sp³-hybridized carbons (Fsp3) is 0.750. The minimum atomic E-state index is -0.589. The Bertz CT molecular complexity index is 783. The Morgan fingerprint density at radius 3 is 2.71 bits per heavy atom. The highest BCUT2D eigenvalue weighted by atomic mass is 16.2. The molecule has 0 bridgehead atoms. The van der Waals surface area contributed by atoms with Crippen LogP contribution in [-0.4, -0.2) is 41.6 Å². The highest BCUT2D eigenvalue weighted by Gasteiger charge is 2.29. The number of unbranched alkanes of at least 4 members (excludes halogenated alkanes) is 1. The summed E-state index contributed by atoms with van der Waals surface area (Å²) in [6.45, 7) is 11.3. The minimum absolute atomic E-state index is 0.0777. The number of nitrogens with two attached hydrogens (primary N) is 1. The number of nitrogens with one attached hydrogen (secondary N) is 2. The van der Waals surface area contributed by atoms with Crippen molar-refractivity contribution in [2.75, 3.05) is 36.8 Å². The van der Waals surface area contributed by atoms with Crippen molar-refractivity contribution in [1.82, 2.24) is 9.55 Å². The Morgan fingerprint density at radius 1 is 1.39 bits per heavy atom. The van der Waals surface area contributed by atoms with E-state index in [9.17, 15) is 14.4 Å². The van der Waals surface area contributed by atoms with Crippen molar-refractivity contribution in [3.63, 3.8) is 0 Å². The molecular formula is C20H36N5O3+. The second kappa shape index (κ2) is 9.91. The molecule has 1 fully saturated rings. The van der Waals surface area contributed by atoms with Gasteiger partial charge >= 0.3 is 5.69 Å². The number of hydrogen-bond donors (Lipinski definition) is 3. The normalized spacial score (nSPS) is 19.8. The molecule has 158 valence electrons. The summed E-state index contributed by atoms with van der Waals surface area (Å²) in [4.78, 5) is 43.1. The number of carbonyl (C=O) groups is 1. The van der Waals surface area contributed by atoms with E-state index >= 15 is 0 Å². The summed E-state index contributed by atoms with van der Waals surface area (Å²) in [5.74, 6) is 0.748. The number of H-pyrrole nitrogens is 1. The molecule has 1 amide bonds. The summed E-state index contributed by atoms with van der Waals surface area (Å²) in [7, 11) is 0. The van der Waals surface area contributed by atoms with E-state index in [-0.39, 0.29) is 23.3 Å². The molecule has 0 aliphatic carbocycles. The molecule has 0 radical (unpaired) electrons. The van der Waals surface area contributed by atoms with Crippen LogP contribution in [-0.2, 0) is 11.3 Å². The lowest BCUT2D eigenvalue weighted by Crippen LogP contribution is -3.14. The Balaban J connectivity index is 2.37. The Hall–Kier alpha value is -2.09. The fourth-order valence-corrected chi connectivity index (χ4v) is 3.93. The van der Waals surface area contributed by atoms with E-state index in [1.54, 1.807) is 0 Å². The van der Waals surface area contributed by atoms with Crippen molar-refractivity contribution in [3.8, 4) is 0 Å². The van der Waals surface area contributed by atoms with Crippen LogP contribution in [0.4, 0.5) is 11.5 Å². The Labute approximate surface area is 166 Å². The number of aromatic nitrogens is 2. The smallest absolute Gasteiger partial charge is 0.330 e. The summed E-state index contributed by atoms with van der Waals surface area (Å²) in [6.07, 6.45) is 3.96. The maximum atomic E-state index is 13.2. The third-order valence-corrected chi connectivity index (χ3v) is 5.33. The van der Waals surface area contributed by atoms with E-state index in [1.807, 2.05) is 20.8 Å². The molecule has 1 aromatic heterocycles. The van der Waals surface area contributed by atoms with Gasteiger partial charge in [-0.15, -0.1) is 0 Å². The number of rotatable bonds is 8. The largest absolute Gasteiger partial charge is 0.383 e. The van der Waals surface area contributed by atoms with Gasteiger partial charge in [-0.25, -0.2) is 4.79 Å². The van der Waals surface area contributed by atoms with Crippen molar-refractivity contribution in [1.29, 1.82) is 0 Å². The molecule has 0 spiro atoms. The summed E-state index contributed by atoms with van der Waals surface area (Å²) in [5, 5.41) is 0. The summed E-state index contributed by atoms with van der Waals surface area (Å²) in [5.41, 5.74) is 5.24. The predicted octanol–water partition coefficient (Wildman–Crippen LogP) is 0.223. The molecule has 28 heavy (non-hydrogen) atoms. The molecule has 1 aromatic rings. The van der Waals surface area contributed by atoms with Crippen LogP contribution in [0.5, 0.6) is 0 Å². The molecule has 1 aliphatic heterocycles. The highest BCUT2D eigenvalue weighted by Crippen LogP contribution is 2.18. The quantitative estimate of drug-likeness (QED) is 0.587. The lowest BCUT2D eigenvalue weighted by Gasteiger charge is -2.30. The van der Waals surface area contributed by atoms with Crippen LogP contribution < -0.4 is 26.8 Å². The van der Waals surface area contributed by atoms with Crippen LogP contribution >= 0.6 is 0 Å². The number of aromatic amines is 1. The first-order valence-corrected chi connectivity index (χ1v) is 10.5. The van der Waals surface area contributed by atoms with E-state index in [0.29, 0.717) is 25.6 Å². The van der Waals surface area contributed by atoms with E-state index in [4.69, 9.17) is 5.73 Å². The van der Waals surface area contributed by atoms with Crippen LogP contribution in [0, 0.1) is 11.8 Å². The molecule has 0 aromatic carbocycles. The standard InChI is InChI=1S/C20H35N5O3/c1-5-6-10-24(16(26)13-23-9-7-8-15(4)12-23)17-18(21)25(11-14(2)3)20(28)22-19(17)27/h14-15H,5-13,21H2,1-4H3,(H,22,27,28)/p+1/t15-/m0/s1. The third-order valence-electron chi connectivity index (χ3n) is 5.33. The summed E-state index contributed by atoms with van der Waals surface area (Å²) in [6, 6.07) is 0. The number of anilines is 2. The topological polar surface area (TPSA) is 106 Å². The second-order valence-electron chi connectivity index (χ2n) is 8.52. The molecule has 8 heteroatoms. The molecule has 2 heterocycles. The van der Waals surface area contributed by atoms with Crippen LogP contribution in [0.3, 0.4) is 0 Å². The third kappa shape index (κ3) is 5.47. The predicted molar refractivity (Wildman–Crippen MR) is 112 cm³/mol. The lowest BCUT2D eigenvalue weighted by atomic mass is 10.0. The lowest BCUT2D eigenvalue weighted by molar-refractivity contribution is -0.900. The van der Waals surface area contributed by atoms with Gasteiger partial charge in [0.25, 0.3) is 11.5 Å². The van der Waals surface area contributed by atoms with Crippen LogP contribution in [0.1, 0.15) is 53.4 Å². The Morgan fingerprint density at radius 2 is 2.11 bits per heavy atom. The summed E-state index contributed by atoms with van der Waals surface area (Å²) < 4.78 is 1.36. The van der Waals surface area contributed by atoms with Gasteiger partial charge in [0, 0.05) is 19.0 Å². The number of quaternary nitrogens is 1. The average Bonchev–Trinajstić information content (AvgIpc) is 2.61. The van der Waals surface area contributed by atoms with Gasteiger partial charge in [0.05, 0.1) is 13.1 Å². The van der Waals surface area contributed by atoms with Gasteiger partial charge in [-0.2, -0.15) is 0 Å². The molecule has 2 atom stereocenters. The zero-order valence-electron chi connectivity index (χ0n) is 17.7. The van der Waals surface area contributed by atoms with Gasteiger partial charge in [0.1, 0.15) is 5.82 Å². The molecular weight excluding hydrogens is 358 g/mol. The average molecular weight is 395 g/mol. The molecule has 0 saturated carbocycles. The number of amides is 1. The van der Waals surface area contributed by atoms with Gasteiger partial charge in [-0.05, 0) is 25.2 Å². The van der Waals surface area contributed by atoms with Crippen molar-refractivity contribution >= 4 is 17.4 Å². The van der Waals surface area contributed by atoms with Crippen LogP contribution in [0.2, 0.25) is 0 Å². The molecule has 4 N–H and O–H groups in total. The first kappa shape index (κ1) is 22.2. The number of nitrogens with zero attached hydrogens (tertiary/aromatic N) is 2. The molecule has 8 nitrogen and oxygen atoms in total. The van der Waals surface area contributed by atoms with E-state index in [2.05, 4.69) is 11.9 Å². The Kier molecular flexibility index (Phi) is 7.86. The number of likely N-dealkylation sites (tertiary alicyclic amines) is 1. The number of nitrogen functional groups attached to an aromatic ring is 1.